The summed E-state index contributed by atoms with van der Waals surface area (Å²) in [5, 5.41) is 0. The predicted molar refractivity (Wildman–Crippen MR) is 69.0 cm³/mol. The highest BCUT2D eigenvalue weighted by molar-refractivity contribution is 5.69. The number of hydrogen-bond acceptors (Lipinski definition) is 4. The third-order valence-electron chi connectivity index (χ3n) is 3.59. The molecule has 1 heterocycles. The maximum atomic E-state index is 11.0. The van der Waals surface area contributed by atoms with Crippen LogP contribution in [0.4, 0.5) is 0 Å². The SMILES string of the molecule is CCC(C)CN1CCN(CCC(=O)OC)CC1. The summed E-state index contributed by atoms with van der Waals surface area (Å²) in [6.45, 7) is 11.0. The van der Waals surface area contributed by atoms with Gasteiger partial charge in [-0.25, -0.2) is 0 Å². The summed E-state index contributed by atoms with van der Waals surface area (Å²) in [6.07, 6.45) is 1.77. The molecule has 0 spiro atoms. The van der Waals surface area contributed by atoms with Gasteiger partial charge in [-0.05, 0) is 5.92 Å². The Morgan fingerprint density at radius 1 is 1.24 bits per heavy atom. The van der Waals surface area contributed by atoms with Crippen molar-refractivity contribution in [1.29, 1.82) is 0 Å². The van der Waals surface area contributed by atoms with E-state index in [1.807, 2.05) is 0 Å². The first-order valence-electron chi connectivity index (χ1n) is 6.67. The fourth-order valence-electron chi connectivity index (χ4n) is 2.12. The molecule has 0 radical (unpaired) electrons. The van der Waals surface area contributed by atoms with Crippen molar-refractivity contribution in [3.8, 4) is 0 Å². The van der Waals surface area contributed by atoms with E-state index in [0.29, 0.717) is 6.42 Å². The highest BCUT2D eigenvalue weighted by atomic mass is 16.5. The highest BCUT2D eigenvalue weighted by Crippen LogP contribution is 2.08. The zero-order chi connectivity index (χ0) is 12.7. The molecule has 4 heteroatoms. The topological polar surface area (TPSA) is 32.8 Å². The van der Waals surface area contributed by atoms with E-state index in [2.05, 4.69) is 28.4 Å². The minimum Gasteiger partial charge on any atom is -0.469 e. The van der Waals surface area contributed by atoms with Crippen molar-refractivity contribution in [2.24, 2.45) is 5.92 Å². The molecule has 0 aliphatic carbocycles. The Morgan fingerprint density at radius 2 is 1.82 bits per heavy atom. The molecule has 0 aromatic rings. The van der Waals surface area contributed by atoms with Gasteiger partial charge in [-0.15, -0.1) is 0 Å². The van der Waals surface area contributed by atoms with Gasteiger partial charge in [-0.2, -0.15) is 0 Å². The van der Waals surface area contributed by atoms with Gasteiger partial charge >= 0.3 is 5.97 Å². The van der Waals surface area contributed by atoms with E-state index in [1.54, 1.807) is 0 Å². The summed E-state index contributed by atoms with van der Waals surface area (Å²) in [5.41, 5.74) is 0. The van der Waals surface area contributed by atoms with Crippen LogP contribution in [0, 0.1) is 5.92 Å². The maximum Gasteiger partial charge on any atom is 0.306 e. The van der Waals surface area contributed by atoms with E-state index in [-0.39, 0.29) is 5.97 Å². The summed E-state index contributed by atoms with van der Waals surface area (Å²) in [4.78, 5) is 15.9. The van der Waals surface area contributed by atoms with Crippen LogP contribution in [0.15, 0.2) is 0 Å². The fourth-order valence-corrected chi connectivity index (χ4v) is 2.12. The van der Waals surface area contributed by atoms with E-state index in [0.717, 1.165) is 38.6 Å². The zero-order valence-corrected chi connectivity index (χ0v) is 11.4. The number of piperazine rings is 1. The molecule has 1 fully saturated rings. The average Bonchev–Trinajstić information content (AvgIpc) is 2.37. The van der Waals surface area contributed by atoms with E-state index in [4.69, 9.17) is 0 Å². The van der Waals surface area contributed by atoms with Gasteiger partial charge in [-0.3, -0.25) is 4.79 Å². The predicted octanol–water partition coefficient (Wildman–Crippen LogP) is 1.21. The normalized spacial score (nSPS) is 20.2. The van der Waals surface area contributed by atoms with Gasteiger partial charge in [0, 0.05) is 39.3 Å². The number of carbonyl (C=O) groups excluding carboxylic acids is 1. The van der Waals surface area contributed by atoms with Crippen LogP contribution in [0.1, 0.15) is 26.7 Å². The zero-order valence-electron chi connectivity index (χ0n) is 11.4. The number of hydrogen-bond donors (Lipinski definition) is 0. The van der Waals surface area contributed by atoms with Crippen LogP contribution in [-0.2, 0) is 9.53 Å². The fraction of sp³-hybridized carbons (Fsp3) is 0.923. The maximum absolute atomic E-state index is 11.0. The third kappa shape index (κ3) is 5.50. The van der Waals surface area contributed by atoms with Gasteiger partial charge in [-0.1, -0.05) is 20.3 Å². The first-order chi connectivity index (χ1) is 8.15. The van der Waals surface area contributed by atoms with Crippen molar-refractivity contribution in [3.63, 3.8) is 0 Å². The van der Waals surface area contributed by atoms with E-state index in [9.17, 15) is 4.79 Å². The summed E-state index contributed by atoms with van der Waals surface area (Å²) < 4.78 is 4.65. The Kier molecular flexibility index (Phi) is 6.52. The molecule has 1 unspecified atom stereocenters. The van der Waals surface area contributed by atoms with Gasteiger partial charge in [0.15, 0.2) is 0 Å². The lowest BCUT2D eigenvalue weighted by Gasteiger charge is -2.35. The lowest BCUT2D eigenvalue weighted by molar-refractivity contribution is -0.141. The molecular formula is C13H26N2O2. The quantitative estimate of drug-likeness (QED) is 0.656. The molecule has 0 aromatic carbocycles. The summed E-state index contributed by atoms with van der Waals surface area (Å²) >= 11 is 0. The molecule has 0 bridgehead atoms. The molecule has 1 rings (SSSR count). The number of methoxy groups -OCH3 is 1. The Balaban J connectivity index is 2.15. The summed E-state index contributed by atoms with van der Waals surface area (Å²) in [7, 11) is 1.45. The lowest BCUT2D eigenvalue weighted by Crippen LogP contribution is -2.47. The molecule has 100 valence electrons. The van der Waals surface area contributed by atoms with Crippen LogP contribution in [-0.4, -0.2) is 62.1 Å². The van der Waals surface area contributed by atoms with Gasteiger partial charge < -0.3 is 14.5 Å². The molecule has 1 saturated heterocycles. The van der Waals surface area contributed by atoms with Crippen molar-refractivity contribution in [3.05, 3.63) is 0 Å². The molecule has 0 N–H and O–H groups in total. The molecule has 1 aliphatic rings. The Labute approximate surface area is 105 Å². The molecule has 1 aliphatic heterocycles. The molecule has 1 atom stereocenters. The molecule has 17 heavy (non-hydrogen) atoms. The van der Waals surface area contributed by atoms with Gasteiger partial charge in [0.2, 0.25) is 0 Å². The number of esters is 1. The van der Waals surface area contributed by atoms with Crippen LogP contribution < -0.4 is 0 Å². The number of nitrogens with zero attached hydrogens (tertiary/aromatic N) is 2. The van der Waals surface area contributed by atoms with Crippen molar-refractivity contribution in [2.75, 3.05) is 46.4 Å². The number of rotatable bonds is 6. The second-order valence-electron chi connectivity index (χ2n) is 4.98. The Bertz CT molecular complexity index is 225. The van der Waals surface area contributed by atoms with Crippen LogP contribution in [0.3, 0.4) is 0 Å². The van der Waals surface area contributed by atoms with Crippen LogP contribution in [0.2, 0.25) is 0 Å². The van der Waals surface area contributed by atoms with Crippen molar-refractivity contribution in [2.45, 2.75) is 26.7 Å². The van der Waals surface area contributed by atoms with Gasteiger partial charge in [0.25, 0.3) is 0 Å². The lowest BCUT2D eigenvalue weighted by atomic mass is 10.1. The molecule has 0 saturated carbocycles. The van der Waals surface area contributed by atoms with E-state index < -0.39 is 0 Å². The minimum absolute atomic E-state index is 0.105. The van der Waals surface area contributed by atoms with Gasteiger partial charge in [0.1, 0.15) is 0 Å². The smallest absolute Gasteiger partial charge is 0.306 e. The summed E-state index contributed by atoms with van der Waals surface area (Å²) in [6, 6.07) is 0. The van der Waals surface area contributed by atoms with Gasteiger partial charge in [0.05, 0.1) is 13.5 Å². The molecule has 4 nitrogen and oxygen atoms in total. The second kappa shape index (κ2) is 7.67. The van der Waals surface area contributed by atoms with Crippen molar-refractivity contribution in [1.82, 2.24) is 9.80 Å². The summed E-state index contributed by atoms with van der Waals surface area (Å²) in [5.74, 6) is 0.684. The number of ether oxygens (including phenoxy) is 1. The molecule has 0 amide bonds. The Hall–Kier alpha value is -0.610. The standard InChI is InChI=1S/C13H26N2O2/c1-4-12(2)11-15-9-7-14(8-10-15)6-5-13(16)17-3/h12H,4-11H2,1-3H3. The first-order valence-corrected chi connectivity index (χ1v) is 6.67. The van der Waals surface area contributed by atoms with Crippen molar-refractivity contribution < 1.29 is 9.53 Å². The molecule has 0 aromatic heterocycles. The van der Waals surface area contributed by atoms with Crippen LogP contribution in [0.25, 0.3) is 0 Å². The van der Waals surface area contributed by atoms with Crippen molar-refractivity contribution >= 4 is 5.97 Å². The molecular weight excluding hydrogens is 216 g/mol. The van der Waals surface area contributed by atoms with E-state index in [1.165, 1.54) is 20.1 Å². The highest BCUT2D eigenvalue weighted by Gasteiger charge is 2.18. The minimum atomic E-state index is -0.105. The second-order valence-corrected chi connectivity index (χ2v) is 4.98. The third-order valence-corrected chi connectivity index (χ3v) is 3.59. The van der Waals surface area contributed by atoms with Crippen LogP contribution >= 0.6 is 0 Å². The largest absolute Gasteiger partial charge is 0.469 e. The Morgan fingerprint density at radius 3 is 2.35 bits per heavy atom. The monoisotopic (exact) mass is 242 g/mol. The number of carbonyl (C=O) groups is 1. The average molecular weight is 242 g/mol. The first kappa shape index (κ1) is 14.5. The van der Waals surface area contributed by atoms with E-state index >= 15 is 0 Å². The van der Waals surface area contributed by atoms with Crippen LogP contribution in [0.5, 0.6) is 0 Å².